The van der Waals surface area contributed by atoms with E-state index in [1.54, 1.807) is 7.11 Å². The first-order chi connectivity index (χ1) is 8.46. The molecule has 1 aromatic carbocycles. The fourth-order valence-electron chi connectivity index (χ4n) is 1.70. The van der Waals surface area contributed by atoms with Crippen molar-refractivity contribution < 1.29 is 14.6 Å². The quantitative estimate of drug-likeness (QED) is 0.815. The topological polar surface area (TPSA) is 64.7 Å². The summed E-state index contributed by atoms with van der Waals surface area (Å²) in [5.74, 6) is 1.37. The van der Waals surface area contributed by atoms with E-state index in [-0.39, 0.29) is 18.1 Å². The Labute approximate surface area is 109 Å². The molecule has 0 radical (unpaired) electrons. The molecular weight excluding hydrogens is 230 g/mol. The van der Waals surface area contributed by atoms with Crippen molar-refractivity contribution in [1.82, 2.24) is 0 Å². The van der Waals surface area contributed by atoms with Crippen LogP contribution in [0, 0.1) is 5.41 Å². The lowest BCUT2D eigenvalue weighted by atomic mass is 9.82. The Morgan fingerprint density at radius 1 is 1.33 bits per heavy atom. The Hall–Kier alpha value is -1.26. The number of rotatable bonds is 6. The zero-order valence-electron chi connectivity index (χ0n) is 11.6. The van der Waals surface area contributed by atoms with E-state index in [9.17, 15) is 5.11 Å². The van der Waals surface area contributed by atoms with E-state index in [0.29, 0.717) is 18.1 Å². The van der Waals surface area contributed by atoms with E-state index in [2.05, 4.69) is 0 Å². The highest BCUT2D eigenvalue weighted by molar-refractivity contribution is 5.44. The van der Waals surface area contributed by atoms with Gasteiger partial charge in [-0.3, -0.25) is 0 Å². The van der Waals surface area contributed by atoms with Crippen LogP contribution in [0.3, 0.4) is 0 Å². The summed E-state index contributed by atoms with van der Waals surface area (Å²) in [6, 6.07) is 5.37. The maximum atomic E-state index is 9.36. The molecule has 0 bridgehead atoms. The summed E-state index contributed by atoms with van der Waals surface area (Å²) in [7, 11) is 1.61. The number of nitrogens with two attached hydrogens (primary N) is 1. The number of benzene rings is 1. The lowest BCUT2D eigenvalue weighted by Crippen LogP contribution is -2.32. The predicted octanol–water partition coefficient (Wildman–Crippen LogP) is 2.11. The molecule has 0 saturated carbocycles. The molecular formula is C14H23NO3. The van der Waals surface area contributed by atoms with Gasteiger partial charge < -0.3 is 20.3 Å². The average Bonchev–Trinajstić information content (AvgIpc) is 2.38. The highest BCUT2D eigenvalue weighted by atomic mass is 16.5. The van der Waals surface area contributed by atoms with Gasteiger partial charge >= 0.3 is 0 Å². The second kappa shape index (κ2) is 6.07. The Morgan fingerprint density at radius 3 is 2.50 bits per heavy atom. The van der Waals surface area contributed by atoms with Gasteiger partial charge in [0.15, 0.2) is 11.5 Å². The fraction of sp³-hybridized carbons (Fsp3) is 0.571. The molecule has 0 saturated heterocycles. The lowest BCUT2D eigenvalue weighted by Gasteiger charge is -2.30. The number of aliphatic hydroxyl groups is 1. The van der Waals surface area contributed by atoms with E-state index in [4.69, 9.17) is 15.2 Å². The minimum absolute atomic E-state index is 0.0319. The van der Waals surface area contributed by atoms with Crippen LogP contribution in [-0.2, 0) is 0 Å². The molecule has 0 heterocycles. The molecule has 0 aliphatic rings. The molecule has 0 unspecified atom stereocenters. The SMILES string of the molecule is CCOc1cc([C@H](N)C(C)(C)CO)ccc1OC. The third-order valence-corrected chi connectivity index (χ3v) is 3.10. The molecule has 0 aliphatic heterocycles. The first-order valence-electron chi connectivity index (χ1n) is 6.13. The van der Waals surface area contributed by atoms with Gasteiger partial charge in [0.1, 0.15) is 0 Å². The van der Waals surface area contributed by atoms with Gasteiger partial charge in [-0.1, -0.05) is 19.9 Å². The third kappa shape index (κ3) is 3.15. The van der Waals surface area contributed by atoms with E-state index in [1.165, 1.54) is 0 Å². The van der Waals surface area contributed by atoms with Crippen molar-refractivity contribution in [2.24, 2.45) is 11.1 Å². The monoisotopic (exact) mass is 253 g/mol. The predicted molar refractivity (Wildman–Crippen MR) is 72.0 cm³/mol. The normalized spacial score (nSPS) is 13.2. The molecule has 1 aromatic rings. The van der Waals surface area contributed by atoms with Crippen molar-refractivity contribution in [2.75, 3.05) is 20.3 Å². The van der Waals surface area contributed by atoms with Gasteiger partial charge in [0.2, 0.25) is 0 Å². The molecule has 4 heteroatoms. The summed E-state index contributed by atoms with van der Waals surface area (Å²) in [5.41, 5.74) is 6.74. The van der Waals surface area contributed by atoms with Crippen molar-refractivity contribution in [1.29, 1.82) is 0 Å². The minimum atomic E-state index is -0.377. The second-order valence-corrected chi connectivity index (χ2v) is 4.97. The molecule has 18 heavy (non-hydrogen) atoms. The van der Waals surface area contributed by atoms with Crippen LogP contribution in [0.5, 0.6) is 11.5 Å². The summed E-state index contributed by atoms with van der Waals surface area (Å²) in [5, 5.41) is 9.36. The standard InChI is InChI=1S/C14H23NO3/c1-5-18-12-8-10(6-7-11(12)17-4)13(15)14(2,3)9-16/h6-8,13,16H,5,9,15H2,1-4H3/t13-/m0/s1. The molecule has 0 spiro atoms. The average molecular weight is 253 g/mol. The number of hydrogen-bond donors (Lipinski definition) is 2. The molecule has 0 aromatic heterocycles. The Kier molecular flexibility index (Phi) is 4.99. The molecule has 0 aliphatic carbocycles. The maximum Gasteiger partial charge on any atom is 0.161 e. The smallest absolute Gasteiger partial charge is 0.161 e. The Balaban J connectivity index is 3.07. The third-order valence-electron chi connectivity index (χ3n) is 3.10. The molecule has 102 valence electrons. The summed E-state index contributed by atoms with van der Waals surface area (Å²) in [6.07, 6.45) is 0. The van der Waals surface area contributed by atoms with Crippen LogP contribution < -0.4 is 15.2 Å². The van der Waals surface area contributed by atoms with Gasteiger partial charge in [-0.15, -0.1) is 0 Å². The number of ether oxygens (including phenoxy) is 2. The van der Waals surface area contributed by atoms with Gasteiger partial charge in [0.05, 0.1) is 13.7 Å². The van der Waals surface area contributed by atoms with Gasteiger partial charge in [0, 0.05) is 18.1 Å². The van der Waals surface area contributed by atoms with Crippen LogP contribution in [0.2, 0.25) is 0 Å². The summed E-state index contributed by atoms with van der Waals surface area (Å²) < 4.78 is 10.8. The second-order valence-electron chi connectivity index (χ2n) is 4.97. The van der Waals surface area contributed by atoms with Crippen LogP contribution >= 0.6 is 0 Å². The van der Waals surface area contributed by atoms with Crippen LogP contribution in [0.1, 0.15) is 32.4 Å². The minimum Gasteiger partial charge on any atom is -0.493 e. The van der Waals surface area contributed by atoms with Crippen LogP contribution in [-0.4, -0.2) is 25.4 Å². The van der Waals surface area contributed by atoms with Crippen molar-refractivity contribution in [3.8, 4) is 11.5 Å². The fourth-order valence-corrected chi connectivity index (χ4v) is 1.70. The summed E-state index contributed by atoms with van der Waals surface area (Å²) in [4.78, 5) is 0. The molecule has 1 atom stereocenters. The zero-order valence-corrected chi connectivity index (χ0v) is 11.6. The summed E-state index contributed by atoms with van der Waals surface area (Å²) >= 11 is 0. The molecule has 3 N–H and O–H groups in total. The molecule has 0 fully saturated rings. The largest absolute Gasteiger partial charge is 0.493 e. The van der Waals surface area contributed by atoms with Crippen molar-refractivity contribution in [3.05, 3.63) is 23.8 Å². The first kappa shape index (κ1) is 14.8. The maximum absolute atomic E-state index is 9.36. The van der Waals surface area contributed by atoms with Gasteiger partial charge in [-0.25, -0.2) is 0 Å². The molecule has 1 rings (SSSR count). The molecule has 0 amide bonds. The number of methoxy groups -OCH3 is 1. The van der Waals surface area contributed by atoms with Crippen molar-refractivity contribution in [3.63, 3.8) is 0 Å². The Morgan fingerprint density at radius 2 is 2.00 bits per heavy atom. The van der Waals surface area contributed by atoms with Crippen LogP contribution in [0.15, 0.2) is 18.2 Å². The highest BCUT2D eigenvalue weighted by Gasteiger charge is 2.27. The van der Waals surface area contributed by atoms with Gasteiger partial charge in [0.25, 0.3) is 0 Å². The van der Waals surface area contributed by atoms with Gasteiger partial charge in [-0.2, -0.15) is 0 Å². The zero-order chi connectivity index (χ0) is 13.8. The van der Waals surface area contributed by atoms with Crippen molar-refractivity contribution >= 4 is 0 Å². The molecule has 4 nitrogen and oxygen atoms in total. The summed E-state index contributed by atoms with van der Waals surface area (Å²) in [6.45, 7) is 6.39. The first-order valence-corrected chi connectivity index (χ1v) is 6.13. The Bertz CT molecular complexity index is 391. The van der Waals surface area contributed by atoms with Crippen LogP contribution in [0.25, 0.3) is 0 Å². The van der Waals surface area contributed by atoms with Crippen LogP contribution in [0.4, 0.5) is 0 Å². The lowest BCUT2D eigenvalue weighted by molar-refractivity contribution is 0.132. The van der Waals surface area contributed by atoms with E-state index >= 15 is 0 Å². The van der Waals surface area contributed by atoms with Crippen molar-refractivity contribution in [2.45, 2.75) is 26.8 Å². The van der Waals surface area contributed by atoms with E-state index in [1.807, 2.05) is 39.0 Å². The number of aliphatic hydroxyl groups excluding tert-OH is 1. The number of hydrogen-bond acceptors (Lipinski definition) is 4. The van der Waals surface area contributed by atoms with E-state index < -0.39 is 0 Å². The van der Waals surface area contributed by atoms with E-state index in [0.717, 1.165) is 5.56 Å². The highest BCUT2D eigenvalue weighted by Crippen LogP contribution is 2.35. The van der Waals surface area contributed by atoms with Gasteiger partial charge in [-0.05, 0) is 24.6 Å².